The Balaban J connectivity index is 2.26. The van der Waals surface area contributed by atoms with Crippen LogP contribution in [0.25, 0.3) is 0 Å². The van der Waals surface area contributed by atoms with Gasteiger partial charge in [0.05, 0.1) is 15.9 Å². The van der Waals surface area contributed by atoms with E-state index in [-0.39, 0.29) is 11.6 Å². The van der Waals surface area contributed by atoms with Crippen LogP contribution >= 0.6 is 22.9 Å². The van der Waals surface area contributed by atoms with Crippen molar-refractivity contribution in [3.8, 4) is 0 Å². The minimum Gasteiger partial charge on any atom is -0.478 e. The maximum atomic E-state index is 11.2. The maximum absolute atomic E-state index is 11.2. The molecule has 0 bridgehead atoms. The molecule has 1 heterocycles. The molecule has 1 atom stereocenters. The normalized spacial score (nSPS) is 12.2. The molecule has 5 heteroatoms. The Morgan fingerprint density at radius 1 is 1.37 bits per heavy atom. The molecule has 0 aliphatic rings. The van der Waals surface area contributed by atoms with E-state index in [1.807, 2.05) is 32.0 Å². The Kier molecular flexibility index (Phi) is 4.12. The molecule has 1 unspecified atom stereocenters. The van der Waals surface area contributed by atoms with E-state index in [2.05, 4.69) is 5.32 Å². The largest absolute Gasteiger partial charge is 0.478 e. The smallest absolute Gasteiger partial charge is 0.337 e. The number of aryl methyl sites for hydroxylation is 1. The molecule has 0 amide bonds. The molecule has 2 aromatic rings. The fourth-order valence-electron chi connectivity index (χ4n) is 1.83. The molecule has 3 nitrogen and oxygen atoms in total. The van der Waals surface area contributed by atoms with Crippen molar-refractivity contribution >= 4 is 34.6 Å². The maximum Gasteiger partial charge on any atom is 0.337 e. The SMILES string of the molecule is Cc1ccc(NC(C)c2ccc(Cl)s2)c(C(=O)O)c1. The van der Waals surface area contributed by atoms with Crippen LogP contribution in [0.2, 0.25) is 4.34 Å². The van der Waals surface area contributed by atoms with E-state index in [0.717, 1.165) is 14.8 Å². The lowest BCUT2D eigenvalue weighted by Crippen LogP contribution is -2.09. The molecule has 1 aromatic carbocycles. The van der Waals surface area contributed by atoms with Crippen LogP contribution < -0.4 is 5.32 Å². The highest BCUT2D eigenvalue weighted by Gasteiger charge is 2.14. The zero-order valence-electron chi connectivity index (χ0n) is 10.6. The third kappa shape index (κ3) is 3.28. The number of carboxylic acids is 1. The molecule has 19 heavy (non-hydrogen) atoms. The number of nitrogens with one attached hydrogen (secondary N) is 1. The minimum absolute atomic E-state index is 0.0123. The molecular weight excluding hydrogens is 282 g/mol. The Morgan fingerprint density at radius 3 is 2.68 bits per heavy atom. The highest BCUT2D eigenvalue weighted by molar-refractivity contribution is 7.16. The van der Waals surface area contributed by atoms with Crippen LogP contribution in [0.4, 0.5) is 5.69 Å². The monoisotopic (exact) mass is 295 g/mol. The molecule has 0 aliphatic carbocycles. The average Bonchev–Trinajstić information content (AvgIpc) is 2.78. The van der Waals surface area contributed by atoms with Crippen molar-refractivity contribution < 1.29 is 9.90 Å². The number of thiophene rings is 1. The highest BCUT2D eigenvalue weighted by atomic mass is 35.5. The second-order valence-electron chi connectivity index (χ2n) is 4.36. The number of rotatable bonds is 4. The number of hydrogen-bond acceptors (Lipinski definition) is 3. The number of carboxylic acid groups (broad SMARTS) is 1. The van der Waals surface area contributed by atoms with Gasteiger partial charge in [0.15, 0.2) is 0 Å². The molecule has 0 fully saturated rings. The highest BCUT2D eigenvalue weighted by Crippen LogP contribution is 2.30. The van der Waals surface area contributed by atoms with Crippen LogP contribution in [0.5, 0.6) is 0 Å². The first-order valence-electron chi connectivity index (χ1n) is 5.83. The number of benzene rings is 1. The Labute approximate surface area is 120 Å². The summed E-state index contributed by atoms with van der Waals surface area (Å²) in [4.78, 5) is 12.3. The average molecular weight is 296 g/mol. The van der Waals surface area contributed by atoms with Crippen molar-refractivity contribution in [1.29, 1.82) is 0 Å². The van der Waals surface area contributed by atoms with Gasteiger partial charge in [-0.1, -0.05) is 23.2 Å². The van der Waals surface area contributed by atoms with E-state index < -0.39 is 5.97 Å². The summed E-state index contributed by atoms with van der Waals surface area (Å²) in [6.07, 6.45) is 0. The van der Waals surface area contributed by atoms with Gasteiger partial charge in [0.2, 0.25) is 0 Å². The van der Waals surface area contributed by atoms with Gasteiger partial charge >= 0.3 is 5.97 Å². The van der Waals surface area contributed by atoms with Crippen LogP contribution in [0, 0.1) is 6.92 Å². The minimum atomic E-state index is -0.928. The van der Waals surface area contributed by atoms with Crippen molar-refractivity contribution in [2.75, 3.05) is 5.32 Å². The molecule has 2 rings (SSSR count). The molecule has 0 saturated carbocycles. The van der Waals surface area contributed by atoms with E-state index in [0.29, 0.717) is 5.69 Å². The van der Waals surface area contributed by atoms with Gasteiger partial charge in [-0.05, 0) is 38.1 Å². The lowest BCUT2D eigenvalue weighted by molar-refractivity contribution is 0.0698. The van der Waals surface area contributed by atoms with Crippen LogP contribution in [-0.2, 0) is 0 Å². The van der Waals surface area contributed by atoms with Gasteiger partial charge in [0, 0.05) is 10.6 Å². The van der Waals surface area contributed by atoms with Crippen molar-refractivity contribution in [3.05, 3.63) is 50.7 Å². The zero-order chi connectivity index (χ0) is 14.0. The molecule has 0 aliphatic heterocycles. The Hall–Kier alpha value is -1.52. The van der Waals surface area contributed by atoms with Gasteiger partial charge in [0.25, 0.3) is 0 Å². The summed E-state index contributed by atoms with van der Waals surface area (Å²) in [7, 11) is 0. The number of anilines is 1. The Morgan fingerprint density at radius 2 is 2.11 bits per heavy atom. The van der Waals surface area contributed by atoms with E-state index in [9.17, 15) is 9.90 Å². The number of aromatic carboxylic acids is 1. The fraction of sp³-hybridized carbons (Fsp3) is 0.214. The first kappa shape index (κ1) is 13.9. The van der Waals surface area contributed by atoms with Crippen LogP contribution in [-0.4, -0.2) is 11.1 Å². The molecule has 1 aromatic heterocycles. The van der Waals surface area contributed by atoms with Gasteiger partial charge in [0.1, 0.15) is 0 Å². The summed E-state index contributed by atoms with van der Waals surface area (Å²) in [5.74, 6) is -0.928. The molecule has 0 saturated heterocycles. The predicted octanol–water partition coefficient (Wildman–Crippen LogP) is 4.58. The summed E-state index contributed by atoms with van der Waals surface area (Å²) in [5.41, 5.74) is 1.83. The van der Waals surface area contributed by atoms with Gasteiger partial charge in [-0.3, -0.25) is 0 Å². The van der Waals surface area contributed by atoms with Gasteiger partial charge in [-0.2, -0.15) is 0 Å². The van der Waals surface area contributed by atoms with Gasteiger partial charge < -0.3 is 10.4 Å². The van der Waals surface area contributed by atoms with Crippen LogP contribution in [0.1, 0.15) is 33.8 Å². The summed E-state index contributed by atoms with van der Waals surface area (Å²) in [5, 5.41) is 12.4. The van der Waals surface area contributed by atoms with Crippen molar-refractivity contribution in [3.63, 3.8) is 0 Å². The molecule has 2 N–H and O–H groups in total. The number of carbonyl (C=O) groups is 1. The van der Waals surface area contributed by atoms with E-state index in [4.69, 9.17) is 11.6 Å². The lowest BCUT2D eigenvalue weighted by Gasteiger charge is -2.16. The van der Waals surface area contributed by atoms with Crippen LogP contribution in [0.3, 0.4) is 0 Å². The van der Waals surface area contributed by atoms with Crippen LogP contribution in [0.15, 0.2) is 30.3 Å². The lowest BCUT2D eigenvalue weighted by atomic mass is 10.1. The van der Waals surface area contributed by atoms with E-state index in [1.54, 1.807) is 12.1 Å². The fourth-order valence-corrected chi connectivity index (χ4v) is 2.89. The van der Waals surface area contributed by atoms with Gasteiger partial charge in [-0.25, -0.2) is 4.79 Å². The zero-order valence-corrected chi connectivity index (χ0v) is 12.2. The third-order valence-electron chi connectivity index (χ3n) is 2.80. The number of halogens is 1. The summed E-state index contributed by atoms with van der Waals surface area (Å²) < 4.78 is 0.728. The molecule has 0 spiro atoms. The predicted molar refractivity (Wildman–Crippen MR) is 79.5 cm³/mol. The summed E-state index contributed by atoms with van der Waals surface area (Å²) in [6, 6.07) is 9.15. The summed E-state index contributed by atoms with van der Waals surface area (Å²) >= 11 is 7.39. The quantitative estimate of drug-likeness (QED) is 0.868. The molecular formula is C14H14ClNO2S. The second-order valence-corrected chi connectivity index (χ2v) is 6.11. The van der Waals surface area contributed by atoms with Crippen molar-refractivity contribution in [1.82, 2.24) is 0 Å². The van der Waals surface area contributed by atoms with Crippen molar-refractivity contribution in [2.24, 2.45) is 0 Å². The first-order valence-corrected chi connectivity index (χ1v) is 7.02. The standard InChI is InChI=1S/C14H14ClNO2S/c1-8-3-4-11(10(7-8)14(17)18)16-9(2)12-5-6-13(15)19-12/h3-7,9,16H,1-2H3,(H,17,18). The first-order chi connectivity index (χ1) is 8.97. The van der Waals surface area contributed by atoms with Gasteiger partial charge in [-0.15, -0.1) is 11.3 Å². The Bertz CT molecular complexity index is 609. The number of hydrogen-bond donors (Lipinski definition) is 2. The summed E-state index contributed by atoms with van der Waals surface area (Å²) in [6.45, 7) is 3.85. The third-order valence-corrected chi connectivity index (χ3v) is 4.21. The topological polar surface area (TPSA) is 49.3 Å². The van der Waals surface area contributed by atoms with Crippen molar-refractivity contribution in [2.45, 2.75) is 19.9 Å². The van der Waals surface area contributed by atoms with E-state index >= 15 is 0 Å². The second kappa shape index (κ2) is 5.63. The molecule has 0 radical (unpaired) electrons. The molecule has 100 valence electrons. The van der Waals surface area contributed by atoms with E-state index in [1.165, 1.54) is 11.3 Å².